The summed E-state index contributed by atoms with van der Waals surface area (Å²) in [5, 5.41) is 0. The average molecular weight is 345 g/mol. The van der Waals surface area contributed by atoms with Gasteiger partial charge in [-0.3, -0.25) is 0 Å². The quantitative estimate of drug-likeness (QED) is 0.538. The minimum Gasteiger partial charge on any atom is -0.497 e. The summed E-state index contributed by atoms with van der Waals surface area (Å²) < 4.78 is 17.5. The second-order valence-electron chi connectivity index (χ2n) is 8.17. The highest BCUT2D eigenvalue weighted by Gasteiger charge is 2.24. The summed E-state index contributed by atoms with van der Waals surface area (Å²) in [5.41, 5.74) is 1.48. The van der Waals surface area contributed by atoms with E-state index in [2.05, 4.69) is 24.3 Å². The first-order valence-electron chi connectivity index (χ1n) is 10.2. The summed E-state index contributed by atoms with van der Waals surface area (Å²) in [7, 11) is 1.73. The van der Waals surface area contributed by atoms with Gasteiger partial charge >= 0.3 is 0 Å². The normalized spacial score (nSPS) is 30.5. The number of hydrogen-bond donors (Lipinski definition) is 0. The van der Waals surface area contributed by atoms with Crippen molar-refractivity contribution in [2.45, 2.75) is 70.1 Å². The number of rotatable bonds is 6. The molecule has 0 aromatic heterocycles. The molecule has 0 bridgehead atoms. The lowest BCUT2D eigenvalue weighted by molar-refractivity contribution is 0.245. The van der Waals surface area contributed by atoms with Crippen LogP contribution in [0.1, 0.15) is 75.7 Å². The molecular weight excluding hydrogens is 311 g/mol. The molecule has 2 saturated carbocycles. The molecule has 0 amide bonds. The highest BCUT2D eigenvalue weighted by atomic mass is 19.1. The van der Waals surface area contributed by atoms with Crippen LogP contribution in [0.5, 0.6) is 5.75 Å². The standard InChI is InChI=1S/C23H33FO/c1-25-23-14-12-22(13-15-23)21-10-8-19(9-11-21)3-2-18-4-6-20(7-5-18)16-17-24/h12-21H,2-11H2,1H3/b17-16+. The lowest BCUT2D eigenvalue weighted by atomic mass is 9.74. The molecule has 2 fully saturated rings. The first kappa shape index (κ1) is 18.5. The van der Waals surface area contributed by atoms with Gasteiger partial charge in [0.1, 0.15) is 5.75 Å². The van der Waals surface area contributed by atoms with Crippen LogP contribution in [-0.2, 0) is 0 Å². The Labute approximate surface area is 152 Å². The van der Waals surface area contributed by atoms with Crippen LogP contribution in [0.15, 0.2) is 36.7 Å². The Morgan fingerprint density at radius 1 is 0.880 bits per heavy atom. The first-order valence-corrected chi connectivity index (χ1v) is 10.2. The third-order valence-corrected chi connectivity index (χ3v) is 6.65. The first-order chi connectivity index (χ1) is 12.3. The minimum atomic E-state index is 0.501. The van der Waals surface area contributed by atoms with Gasteiger partial charge in [-0.05, 0) is 92.7 Å². The Morgan fingerprint density at radius 3 is 1.96 bits per heavy atom. The van der Waals surface area contributed by atoms with Crippen molar-refractivity contribution in [1.82, 2.24) is 0 Å². The zero-order chi connectivity index (χ0) is 17.5. The van der Waals surface area contributed by atoms with Crippen molar-refractivity contribution in [3.63, 3.8) is 0 Å². The third kappa shape index (κ3) is 5.33. The van der Waals surface area contributed by atoms with Crippen molar-refractivity contribution in [2.75, 3.05) is 7.11 Å². The predicted octanol–water partition coefficient (Wildman–Crippen LogP) is 7.04. The second-order valence-corrected chi connectivity index (χ2v) is 8.17. The zero-order valence-electron chi connectivity index (χ0n) is 15.6. The summed E-state index contributed by atoms with van der Waals surface area (Å²) in [6.07, 6.45) is 15.7. The number of ether oxygens (including phenoxy) is 1. The molecule has 0 aliphatic heterocycles. The summed E-state index contributed by atoms with van der Waals surface area (Å²) in [6.45, 7) is 0. The number of benzene rings is 1. The molecule has 1 aromatic rings. The third-order valence-electron chi connectivity index (χ3n) is 6.65. The maximum absolute atomic E-state index is 12.3. The molecule has 1 aromatic carbocycles. The fraction of sp³-hybridized carbons (Fsp3) is 0.652. The van der Waals surface area contributed by atoms with Crippen LogP contribution in [-0.4, -0.2) is 7.11 Å². The molecule has 25 heavy (non-hydrogen) atoms. The molecule has 0 heterocycles. The van der Waals surface area contributed by atoms with E-state index in [0.717, 1.165) is 29.8 Å². The Morgan fingerprint density at radius 2 is 1.44 bits per heavy atom. The van der Waals surface area contributed by atoms with E-state index in [1.807, 2.05) is 0 Å². The van der Waals surface area contributed by atoms with E-state index in [1.165, 1.54) is 69.8 Å². The molecule has 2 heteroatoms. The molecule has 2 aliphatic carbocycles. The van der Waals surface area contributed by atoms with Crippen LogP contribution in [0.4, 0.5) is 4.39 Å². The number of allylic oxidation sites excluding steroid dienone is 1. The van der Waals surface area contributed by atoms with Gasteiger partial charge in [-0.25, -0.2) is 4.39 Å². The highest BCUT2D eigenvalue weighted by molar-refractivity contribution is 5.29. The van der Waals surface area contributed by atoms with Gasteiger partial charge in [-0.1, -0.05) is 31.1 Å². The fourth-order valence-corrected chi connectivity index (χ4v) is 4.90. The molecule has 2 aliphatic rings. The van der Waals surface area contributed by atoms with E-state index in [9.17, 15) is 4.39 Å². The van der Waals surface area contributed by atoms with Gasteiger partial charge in [-0.2, -0.15) is 0 Å². The number of halogens is 1. The Bertz CT molecular complexity index is 520. The molecule has 3 rings (SSSR count). The largest absolute Gasteiger partial charge is 0.497 e. The SMILES string of the molecule is COc1ccc(C2CCC(CCC3CCC(/C=C/F)CC3)CC2)cc1. The molecule has 0 N–H and O–H groups in total. The zero-order valence-corrected chi connectivity index (χ0v) is 15.6. The van der Waals surface area contributed by atoms with Gasteiger partial charge in [0.25, 0.3) is 0 Å². The average Bonchev–Trinajstić information content (AvgIpc) is 2.68. The monoisotopic (exact) mass is 344 g/mol. The molecular formula is C23H33FO. The Hall–Kier alpha value is -1.31. The van der Waals surface area contributed by atoms with Crippen molar-refractivity contribution in [3.05, 3.63) is 42.2 Å². The van der Waals surface area contributed by atoms with E-state index < -0.39 is 0 Å². The van der Waals surface area contributed by atoms with Crippen molar-refractivity contribution >= 4 is 0 Å². The number of hydrogen-bond acceptors (Lipinski definition) is 1. The molecule has 0 saturated heterocycles. The van der Waals surface area contributed by atoms with E-state index in [-0.39, 0.29) is 0 Å². The van der Waals surface area contributed by atoms with E-state index in [4.69, 9.17) is 4.74 Å². The van der Waals surface area contributed by atoms with Crippen LogP contribution >= 0.6 is 0 Å². The smallest absolute Gasteiger partial charge is 0.118 e. The van der Waals surface area contributed by atoms with Crippen LogP contribution in [0.25, 0.3) is 0 Å². The highest BCUT2D eigenvalue weighted by Crippen LogP contribution is 2.40. The molecule has 0 unspecified atom stereocenters. The Kier molecular flexibility index (Phi) is 6.95. The summed E-state index contributed by atoms with van der Waals surface area (Å²) >= 11 is 0. The van der Waals surface area contributed by atoms with Crippen LogP contribution < -0.4 is 4.74 Å². The van der Waals surface area contributed by atoms with Gasteiger partial charge < -0.3 is 4.74 Å². The van der Waals surface area contributed by atoms with Crippen molar-refractivity contribution < 1.29 is 9.13 Å². The van der Waals surface area contributed by atoms with E-state index in [0.29, 0.717) is 5.92 Å². The minimum absolute atomic E-state index is 0.501. The van der Waals surface area contributed by atoms with Crippen LogP contribution in [0, 0.1) is 17.8 Å². The molecule has 138 valence electrons. The van der Waals surface area contributed by atoms with Crippen LogP contribution in [0.2, 0.25) is 0 Å². The van der Waals surface area contributed by atoms with Gasteiger partial charge in [0, 0.05) is 0 Å². The van der Waals surface area contributed by atoms with Gasteiger partial charge in [-0.15, -0.1) is 0 Å². The van der Waals surface area contributed by atoms with Gasteiger partial charge in [0.2, 0.25) is 0 Å². The second kappa shape index (κ2) is 9.40. The van der Waals surface area contributed by atoms with Crippen molar-refractivity contribution in [1.29, 1.82) is 0 Å². The predicted molar refractivity (Wildman–Crippen MR) is 103 cm³/mol. The molecule has 0 radical (unpaired) electrons. The van der Waals surface area contributed by atoms with Crippen molar-refractivity contribution in [2.24, 2.45) is 17.8 Å². The fourth-order valence-electron chi connectivity index (χ4n) is 4.90. The summed E-state index contributed by atoms with van der Waals surface area (Å²) in [5.74, 6) is 4.02. The topological polar surface area (TPSA) is 9.23 Å². The maximum atomic E-state index is 12.3. The maximum Gasteiger partial charge on any atom is 0.118 e. The van der Waals surface area contributed by atoms with Crippen LogP contribution in [0.3, 0.4) is 0 Å². The Balaban J connectivity index is 1.36. The summed E-state index contributed by atoms with van der Waals surface area (Å²) in [6, 6.07) is 8.67. The van der Waals surface area contributed by atoms with Gasteiger partial charge in [0.05, 0.1) is 13.4 Å². The van der Waals surface area contributed by atoms with Crippen molar-refractivity contribution in [3.8, 4) is 5.75 Å². The lowest BCUT2D eigenvalue weighted by Gasteiger charge is -2.31. The summed E-state index contributed by atoms with van der Waals surface area (Å²) in [4.78, 5) is 0. The molecule has 0 spiro atoms. The van der Waals surface area contributed by atoms with Gasteiger partial charge in [0.15, 0.2) is 0 Å². The molecule has 1 nitrogen and oxygen atoms in total. The number of methoxy groups -OCH3 is 1. The van der Waals surface area contributed by atoms with E-state index in [1.54, 1.807) is 13.2 Å². The molecule has 0 atom stereocenters. The lowest BCUT2D eigenvalue weighted by Crippen LogP contribution is -2.17. The van der Waals surface area contributed by atoms with E-state index >= 15 is 0 Å².